The van der Waals surface area contributed by atoms with E-state index in [-0.39, 0.29) is 12.2 Å². The van der Waals surface area contributed by atoms with Crippen LogP contribution in [0.2, 0.25) is 0 Å². The van der Waals surface area contributed by atoms with Crippen LogP contribution in [0, 0.1) is 5.92 Å². The highest BCUT2D eigenvalue weighted by Gasteiger charge is 2.31. The van der Waals surface area contributed by atoms with Crippen molar-refractivity contribution in [1.82, 2.24) is 14.9 Å². The maximum Gasteiger partial charge on any atom is 0.158 e. The molecule has 0 radical (unpaired) electrons. The molecule has 2 aliphatic heterocycles. The summed E-state index contributed by atoms with van der Waals surface area (Å²) in [7, 11) is 0. The minimum Gasteiger partial charge on any atom is -0.369 e. The molecule has 8 rings (SSSR count). The number of allylic oxidation sites excluding steroid dienone is 4. The van der Waals surface area contributed by atoms with Gasteiger partial charge in [-0.05, 0) is 35.7 Å². The second kappa shape index (κ2) is 8.87. The lowest BCUT2D eigenvalue weighted by atomic mass is 9.87. The predicted octanol–water partition coefficient (Wildman–Crippen LogP) is 7.02. The molecular formula is C34H28N4O. The van der Waals surface area contributed by atoms with Crippen LogP contribution in [0.4, 0.5) is 0 Å². The molecule has 190 valence electrons. The summed E-state index contributed by atoms with van der Waals surface area (Å²) in [4.78, 5) is 10.0. The van der Waals surface area contributed by atoms with E-state index in [1.54, 1.807) is 0 Å². The topological polar surface area (TPSA) is 62.4 Å². The summed E-state index contributed by atoms with van der Waals surface area (Å²) < 4.78 is 2.04. The largest absolute Gasteiger partial charge is 0.369 e. The number of hydrogen-bond donors (Lipinski definition) is 2. The summed E-state index contributed by atoms with van der Waals surface area (Å²) >= 11 is 0. The first-order valence-electron chi connectivity index (χ1n) is 13.7. The molecule has 4 atom stereocenters. The molecule has 5 nitrogen and oxygen atoms in total. The number of fused-ring (bicyclic) bond motifs is 5. The zero-order chi connectivity index (χ0) is 25.9. The van der Waals surface area contributed by atoms with Crippen LogP contribution in [-0.4, -0.2) is 20.4 Å². The summed E-state index contributed by atoms with van der Waals surface area (Å²) in [5, 5.41) is 17.5. The van der Waals surface area contributed by atoms with Crippen molar-refractivity contribution in [3.63, 3.8) is 0 Å². The lowest BCUT2D eigenvalue weighted by molar-refractivity contribution is 0.155. The highest BCUT2D eigenvalue weighted by Crippen LogP contribution is 2.44. The zero-order valence-corrected chi connectivity index (χ0v) is 21.4. The van der Waals surface area contributed by atoms with Crippen molar-refractivity contribution in [1.29, 1.82) is 0 Å². The fourth-order valence-electron chi connectivity index (χ4n) is 6.57. The SMILES string of the molecule is OC1c2ccccc2-c2nccc3c4cc(C5N=C(C6C=CC=CC6)CC(c6ccccc6)N5)ccc4n1c23. The van der Waals surface area contributed by atoms with Gasteiger partial charge in [0.15, 0.2) is 6.23 Å². The van der Waals surface area contributed by atoms with Gasteiger partial charge in [-0.25, -0.2) is 0 Å². The molecule has 4 unspecified atom stereocenters. The van der Waals surface area contributed by atoms with Crippen LogP contribution in [0.15, 0.2) is 114 Å². The highest BCUT2D eigenvalue weighted by atomic mass is 16.3. The summed E-state index contributed by atoms with van der Waals surface area (Å²) in [6.45, 7) is 0. The van der Waals surface area contributed by atoms with E-state index in [1.807, 2.05) is 35.0 Å². The molecule has 2 aromatic heterocycles. The lowest BCUT2D eigenvalue weighted by Gasteiger charge is -2.33. The number of nitrogens with one attached hydrogen (secondary N) is 1. The van der Waals surface area contributed by atoms with Crippen LogP contribution in [0.25, 0.3) is 33.1 Å². The van der Waals surface area contributed by atoms with Gasteiger partial charge in [0.05, 0.1) is 16.7 Å². The molecule has 0 saturated carbocycles. The third-order valence-corrected chi connectivity index (χ3v) is 8.47. The van der Waals surface area contributed by atoms with E-state index in [1.165, 1.54) is 11.3 Å². The smallest absolute Gasteiger partial charge is 0.158 e. The van der Waals surface area contributed by atoms with Crippen LogP contribution in [0.3, 0.4) is 0 Å². The quantitative estimate of drug-likeness (QED) is 0.275. The molecule has 4 heterocycles. The molecule has 1 aliphatic carbocycles. The number of nitrogens with zero attached hydrogens (tertiary/aromatic N) is 3. The van der Waals surface area contributed by atoms with E-state index < -0.39 is 6.23 Å². The Kier molecular flexibility index (Phi) is 5.15. The molecule has 5 aromatic rings. The van der Waals surface area contributed by atoms with Crippen molar-refractivity contribution in [2.75, 3.05) is 0 Å². The van der Waals surface area contributed by atoms with E-state index in [4.69, 9.17) is 9.98 Å². The van der Waals surface area contributed by atoms with Crippen molar-refractivity contribution in [3.8, 4) is 11.3 Å². The van der Waals surface area contributed by atoms with Gasteiger partial charge in [-0.2, -0.15) is 0 Å². The van der Waals surface area contributed by atoms with Gasteiger partial charge in [0.2, 0.25) is 0 Å². The monoisotopic (exact) mass is 508 g/mol. The van der Waals surface area contributed by atoms with E-state index in [2.05, 4.69) is 84.2 Å². The summed E-state index contributed by atoms with van der Waals surface area (Å²) in [6.07, 6.45) is 11.6. The molecule has 3 aliphatic rings. The van der Waals surface area contributed by atoms with E-state index in [9.17, 15) is 5.11 Å². The van der Waals surface area contributed by atoms with Crippen LogP contribution >= 0.6 is 0 Å². The molecule has 0 spiro atoms. The molecule has 3 aromatic carbocycles. The van der Waals surface area contributed by atoms with E-state index in [0.29, 0.717) is 5.92 Å². The second-order valence-electron chi connectivity index (χ2n) is 10.7. The van der Waals surface area contributed by atoms with Crippen molar-refractivity contribution in [2.45, 2.75) is 31.3 Å². The first kappa shape index (κ1) is 22.6. The number of rotatable bonds is 3. The maximum absolute atomic E-state index is 11.5. The van der Waals surface area contributed by atoms with Gasteiger partial charge in [0.25, 0.3) is 0 Å². The Morgan fingerprint density at radius 3 is 2.62 bits per heavy atom. The Hall–Kier alpha value is -4.32. The highest BCUT2D eigenvalue weighted by molar-refractivity contribution is 6.13. The Morgan fingerprint density at radius 2 is 1.74 bits per heavy atom. The normalized spacial score (nSPS) is 23.7. The average Bonchev–Trinajstić information content (AvgIpc) is 3.35. The Morgan fingerprint density at radius 1 is 0.872 bits per heavy atom. The number of pyridine rings is 1. The Balaban J connectivity index is 1.28. The first-order chi connectivity index (χ1) is 19.3. The molecule has 39 heavy (non-hydrogen) atoms. The number of aliphatic imine (C=N–C) groups is 1. The Bertz CT molecular complexity index is 1830. The van der Waals surface area contributed by atoms with Crippen molar-refractivity contribution < 1.29 is 5.11 Å². The fraction of sp³-hybridized carbons (Fsp3) is 0.176. The van der Waals surface area contributed by atoms with E-state index >= 15 is 0 Å². The van der Waals surface area contributed by atoms with Gasteiger partial charge in [-0.1, -0.05) is 85.0 Å². The fourth-order valence-corrected chi connectivity index (χ4v) is 6.57. The van der Waals surface area contributed by atoms with Gasteiger partial charge in [-0.15, -0.1) is 0 Å². The third kappa shape index (κ3) is 3.54. The molecule has 5 heteroatoms. The van der Waals surface area contributed by atoms with Crippen molar-refractivity contribution in [2.24, 2.45) is 10.9 Å². The number of aliphatic hydroxyl groups excluding tert-OH is 1. The first-order valence-corrected chi connectivity index (χ1v) is 13.7. The lowest BCUT2D eigenvalue weighted by Crippen LogP contribution is -2.35. The van der Waals surface area contributed by atoms with Gasteiger partial charge in [0, 0.05) is 52.2 Å². The van der Waals surface area contributed by atoms with Crippen LogP contribution in [-0.2, 0) is 0 Å². The van der Waals surface area contributed by atoms with Crippen molar-refractivity contribution >= 4 is 27.5 Å². The maximum atomic E-state index is 11.5. The van der Waals surface area contributed by atoms with Gasteiger partial charge in [-0.3, -0.25) is 15.3 Å². The molecule has 0 bridgehead atoms. The van der Waals surface area contributed by atoms with Crippen LogP contribution in [0.5, 0.6) is 0 Å². The average molecular weight is 509 g/mol. The van der Waals surface area contributed by atoms with Gasteiger partial charge in [0.1, 0.15) is 6.17 Å². The zero-order valence-electron chi connectivity index (χ0n) is 21.4. The van der Waals surface area contributed by atoms with Gasteiger partial charge < -0.3 is 9.67 Å². The van der Waals surface area contributed by atoms with Crippen LogP contribution in [0.1, 0.15) is 48.0 Å². The third-order valence-electron chi connectivity index (χ3n) is 8.47. The molecular weight excluding hydrogens is 480 g/mol. The predicted molar refractivity (Wildman–Crippen MR) is 157 cm³/mol. The van der Waals surface area contributed by atoms with Crippen LogP contribution < -0.4 is 5.32 Å². The van der Waals surface area contributed by atoms with E-state index in [0.717, 1.165) is 57.0 Å². The second-order valence-corrected chi connectivity index (χ2v) is 10.7. The molecule has 0 amide bonds. The van der Waals surface area contributed by atoms with Crippen molar-refractivity contribution in [3.05, 3.63) is 126 Å². The summed E-state index contributed by atoms with van der Waals surface area (Å²) in [6, 6.07) is 27.5. The summed E-state index contributed by atoms with van der Waals surface area (Å²) in [5.41, 5.74) is 8.44. The minimum atomic E-state index is -0.755. The molecule has 0 fully saturated rings. The number of aromatic nitrogens is 2. The number of aliphatic hydroxyl groups is 1. The number of hydrogen-bond acceptors (Lipinski definition) is 4. The number of benzene rings is 3. The Labute approximate surface area is 226 Å². The minimum absolute atomic E-state index is 0.158. The standard InChI is InChI=1S/C34H28N4O/c39-34-26-14-8-7-13-24(26)31-32-25(17-18-35-31)27-19-23(15-16-30(27)38(32)34)33-36-28(21-9-3-1-4-10-21)20-29(37-33)22-11-5-2-6-12-22/h1-11,13-19,22,28,33-34,36,39H,12,20H2. The van der Waals surface area contributed by atoms with Gasteiger partial charge >= 0.3 is 0 Å². The molecule has 0 saturated heterocycles. The summed E-state index contributed by atoms with van der Waals surface area (Å²) in [5.74, 6) is 0.327. The molecule has 2 N–H and O–H groups in total.